The fourth-order valence-electron chi connectivity index (χ4n) is 2.37. The summed E-state index contributed by atoms with van der Waals surface area (Å²) in [7, 11) is 0. The molecule has 1 radical (unpaired) electrons. The van der Waals surface area contributed by atoms with Crippen molar-refractivity contribution in [2.45, 2.75) is 44.9 Å². The predicted molar refractivity (Wildman–Crippen MR) is 54.9 cm³/mol. The van der Waals surface area contributed by atoms with E-state index in [9.17, 15) is 0 Å². The van der Waals surface area contributed by atoms with E-state index >= 15 is 0 Å². The number of rotatable bonds is 4. The van der Waals surface area contributed by atoms with Gasteiger partial charge in [0.25, 0.3) is 0 Å². The fourth-order valence-corrected chi connectivity index (χ4v) is 2.37. The Morgan fingerprint density at radius 3 is 2.42 bits per heavy atom. The third-order valence-electron chi connectivity index (χ3n) is 3.16. The Morgan fingerprint density at radius 2 is 1.92 bits per heavy atom. The van der Waals surface area contributed by atoms with Crippen molar-refractivity contribution in [2.24, 2.45) is 11.8 Å². The SMILES string of the molecule is [CH2]CC(CC=C)C1CCCCC1. The summed E-state index contributed by atoms with van der Waals surface area (Å²) < 4.78 is 0. The highest BCUT2D eigenvalue weighted by molar-refractivity contribution is 4.80. The smallest absolute Gasteiger partial charge is 0.0322 e. The van der Waals surface area contributed by atoms with Crippen molar-refractivity contribution in [3.63, 3.8) is 0 Å². The van der Waals surface area contributed by atoms with Crippen LogP contribution < -0.4 is 0 Å². The molecule has 0 aromatic carbocycles. The molecule has 12 heavy (non-hydrogen) atoms. The molecule has 0 aromatic heterocycles. The Kier molecular flexibility index (Phi) is 4.42. The molecule has 0 amide bonds. The lowest BCUT2D eigenvalue weighted by Gasteiger charge is -2.28. The fraction of sp³-hybridized carbons (Fsp3) is 0.750. The van der Waals surface area contributed by atoms with E-state index < -0.39 is 0 Å². The van der Waals surface area contributed by atoms with E-state index in [1.165, 1.54) is 38.5 Å². The van der Waals surface area contributed by atoms with Crippen molar-refractivity contribution in [2.75, 3.05) is 0 Å². The number of hydrogen-bond donors (Lipinski definition) is 0. The zero-order valence-electron chi connectivity index (χ0n) is 8.10. The van der Waals surface area contributed by atoms with Crippen molar-refractivity contribution in [3.8, 4) is 0 Å². The number of allylic oxidation sites excluding steroid dienone is 1. The lowest BCUT2D eigenvalue weighted by molar-refractivity contribution is 0.250. The summed E-state index contributed by atoms with van der Waals surface area (Å²) in [6.45, 7) is 7.85. The minimum atomic E-state index is 0.822. The van der Waals surface area contributed by atoms with Gasteiger partial charge in [-0.15, -0.1) is 6.58 Å². The van der Waals surface area contributed by atoms with E-state index in [-0.39, 0.29) is 0 Å². The molecule has 0 bridgehead atoms. The molecule has 0 saturated heterocycles. The van der Waals surface area contributed by atoms with Gasteiger partial charge < -0.3 is 0 Å². The lowest BCUT2D eigenvalue weighted by Crippen LogP contribution is -2.16. The van der Waals surface area contributed by atoms with Crippen LogP contribution in [0.5, 0.6) is 0 Å². The van der Waals surface area contributed by atoms with Crippen molar-refractivity contribution in [1.82, 2.24) is 0 Å². The van der Waals surface area contributed by atoms with Crippen LogP contribution in [0.25, 0.3) is 0 Å². The van der Waals surface area contributed by atoms with Crippen LogP contribution in [-0.2, 0) is 0 Å². The molecule has 69 valence electrons. The molecule has 0 aliphatic heterocycles. The van der Waals surface area contributed by atoms with E-state index in [1.807, 2.05) is 0 Å². The summed E-state index contributed by atoms with van der Waals surface area (Å²) >= 11 is 0. The first-order valence-electron chi connectivity index (χ1n) is 5.28. The third kappa shape index (κ3) is 2.66. The largest absolute Gasteiger partial charge is 0.103 e. The van der Waals surface area contributed by atoms with Crippen LogP contribution in [0.2, 0.25) is 0 Å². The molecule has 1 aliphatic rings. The zero-order chi connectivity index (χ0) is 8.81. The van der Waals surface area contributed by atoms with Crippen LogP contribution in [0.3, 0.4) is 0 Å². The molecule has 1 aliphatic carbocycles. The molecule has 1 saturated carbocycles. The molecule has 1 unspecified atom stereocenters. The van der Waals surface area contributed by atoms with Crippen molar-refractivity contribution in [3.05, 3.63) is 19.6 Å². The topological polar surface area (TPSA) is 0 Å². The average Bonchev–Trinajstić information content (AvgIpc) is 2.15. The van der Waals surface area contributed by atoms with Crippen LogP contribution >= 0.6 is 0 Å². The summed E-state index contributed by atoms with van der Waals surface area (Å²) in [5.74, 6) is 1.78. The lowest BCUT2D eigenvalue weighted by atomic mass is 9.77. The van der Waals surface area contributed by atoms with Crippen LogP contribution in [0, 0.1) is 18.8 Å². The van der Waals surface area contributed by atoms with Crippen molar-refractivity contribution >= 4 is 0 Å². The Hall–Kier alpha value is -0.260. The molecule has 0 N–H and O–H groups in total. The molecule has 1 rings (SSSR count). The van der Waals surface area contributed by atoms with Gasteiger partial charge >= 0.3 is 0 Å². The molecule has 1 fully saturated rings. The maximum absolute atomic E-state index is 4.03. The van der Waals surface area contributed by atoms with Gasteiger partial charge in [-0.05, 0) is 24.7 Å². The van der Waals surface area contributed by atoms with Gasteiger partial charge in [-0.2, -0.15) is 0 Å². The van der Waals surface area contributed by atoms with E-state index in [0.717, 1.165) is 18.3 Å². The first-order valence-corrected chi connectivity index (χ1v) is 5.28. The summed E-state index contributed by atoms with van der Waals surface area (Å²) in [5.41, 5.74) is 0. The molecule has 0 nitrogen and oxygen atoms in total. The van der Waals surface area contributed by atoms with Crippen LogP contribution in [0.15, 0.2) is 12.7 Å². The molecule has 0 heterocycles. The first kappa shape index (κ1) is 9.83. The highest BCUT2D eigenvalue weighted by Crippen LogP contribution is 2.33. The highest BCUT2D eigenvalue weighted by Gasteiger charge is 2.20. The van der Waals surface area contributed by atoms with E-state index in [2.05, 4.69) is 19.6 Å². The number of hydrogen-bond acceptors (Lipinski definition) is 0. The van der Waals surface area contributed by atoms with E-state index in [0.29, 0.717) is 0 Å². The van der Waals surface area contributed by atoms with Gasteiger partial charge in [0.2, 0.25) is 0 Å². The van der Waals surface area contributed by atoms with Gasteiger partial charge in [0.1, 0.15) is 0 Å². The minimum Gasteiger partial charge on any atom is -0.103 e. The van der Waals surface area contributed by atoms with E-state index in [1.54, 1.807) is 0 Å². The van der Waals surface area contributed by atoms with E-state index in [4.69, 9.17) is 0 Å². The van der Waals surface area contributed by atoms with Crippen LogP contribution in [0.4, 0.5) is 0 Å². The van der Waals surface area contributed by atoms with Gasteiger partial charge in [-0.25, -0.2) is 0 Å². The van der Waals surface area contributed by atoms with Crippen LogP contribution in [-0.4, -0.2) is 0 Å². The summed E-state index contributed by atoms with van der Waals surface area (Å²) in [5, 5.41) is 0. The standard InChI is InChI=1S/C12H21/c1-3-8-11(4-2)12-9-6-5-7-10-12/h3,11-12H,1-2,4-10H2. The zero-order valence-corrected chi connectivity index (χ0v) is 8.10. The van der Waals surface area contributed by atoms with Crippen LogP contribution in [0.1, 0.15) is 44.9 Å². The maximum Gasteiger partial charge on any atom is -0.0322 e. The predicted octanol–water partition coefficient (Wildman–Crippen LogP) is 3.98. The highest BCUT2D eigenvalue weighted by atomic mass is 14.3. The minimum absolute atomic E-state index is 0.822. The Labute approximate surface area is 77.1 Å². The maximum atomic E-state index is 4.03. The second-order valence-electron chi connectivity index (χ2n) is 3.97. The Morgan fingerprint density at radius 1 is 1.25 bits per heavy atom. The average molecular weight is 165 g/mol. The van der Waals surface area contributed by atoms with Gasteiger partial charge in [-0.1, -0.05) is 45.1 Å². The van der Waals surface area contributed by atoms with Gasteiger partial charge in [0.15, 0.2) is 0 Å². The summed E-state index contributed by atoms with van der Waals surface area (Å²) in [6, 6.07) is 0. The van der Waals surface area contributed by atoms with Crippen molar-refractivity contribution in [1.29, 1.82) is 0 Å². The normalized spacial score (nSPS) is 22.1. The molecule has 0 spiro atoms. The van der Waals surface area contributed by atoms with Gasteiger partial charge in [0.05, 0.1) is 0 Å². The summed E-state index contributed by atoms with van der Waals surface area (Å²) in [6.07, 6.45) is 11.5. The van der Waals surface area contributed by atoms with Crippen molar-refractivity contribution < 1.29 is 0 Å². The van der Waals surface area contributed by atoms with Gasteiger partial charge in [-0.3, -0.25) is 0 Å². The van der Waals surface area contributed by atoms with Gasteiger partial charge in [0, 0.05) is 0 Å². The summed E-state index contributed by atoms with van der Waals surface area (Å²) in [4.78, 5) is 0. The Balaban J connectivity index is 2.34. The second-order valence-corrected chi connectivity index (χ2v) is 3.97. The quantitative estimate of drug-likeness (QED) is 0.553. The monoisotopic (exact) mass is 165 g/mol. The molecular weight excluding hydrogens is 144 g/mol. The molecular formula is C12H21. The Bertz CT molecular complexity index is 120. The first-order chi connectivity index (χ1) is 5.88. The molecule has 0 aromatic rings. The second kappa shape index (κ2) is 5.40. The molecule has 0 heteroatoms. The third-order valence-corrected chi connectivity index (χ3v) is 3.16. The molecule has 1 atom stereocenters.